The molecule has 10 heteroatoms. The van der Waals surface area contributed by atoms with Crippen molar-refractivity contribution in [2.45, 2.75) is 23.3 Å². The molecule has 0 amide bonds. The number of aromatic hydroxyl groups is 1. The van der Waals surface area contributed by atoms with Gasteiger partial charge in [-0.1, -0.05) is 0 Å². The predicted octanol–water partition coefficient (Wildman–Crippen LogP) is 4.49. The number of phenolic OH excluding ortho intramolecular Hbond substituents is 1. The summed E-state index contributed by atoms with van der Waals surface area (Å²) in [4.78, 5) is 24.2. The van der Waals surface area contributed by atoms with Crippen LogP contribution in [0.1, 0.15) is 20.9 Å². The van der Waals surface area contributed by atoms with Crippen LogP contribution in [0.2, 0.25) is 0 Å². The number of phenols is 1. The van der Waals surface area contributed by atoms with Gasteiger partial charge in [-0.25, -0.2) is 4.39 Å². The molecule has 2 heterocycles. The molecule has 2 aromatic heterocycles. The van der Waals surface area contributed by atoms with Crippen molar-refractivity contribution in [3.8, 4) is 5.75 Å². The maximum absolute atomic E-state index is 14.5. The standard InChI is InChI=1S/C17H12F3NO4S2/c1-7-8(6-12(23)24)14-9(2-3-10(22)15(14)18)21(7)16(25)11-4-5-13(26-11)27-17(19)20/h2-5,17,22H,6H2,1H3,(H,23,24). The zero-order valence-corrected chi connectivity index (χ0v) is 15.3. The van der Waals surface area contributed by atoms with Gasteiger partial charge in [0.2, 0.25) is 0 Å². The van der Waals surface area contributed by atoms with Gasteiger partial charge < -0.3 is 10.2 Å². The van der Waals surface area contributed by atoms with E-state index >= 15 is 0 Å². The SMILES string of the molecule is Cc1c(CC(=O)O)c2c(F)c(O)ccc2n1C(=O)c1ccc(SC(F)F)s1. The quantitative estimate of drug-likeness (QED) is 0.601. The van der Waals surface area contributed by atoms with E-state index in [2.05, 4.69) is 0 Å². The molecule has 0 bridgehead atoms. The van der Waals surface area contributed by atoms with E-state index in [1.54, 1.807) is 0 Å². The molecule has 3 rings (SSSR count). The lowest BCUT2D eigenvalue weighted by atomic mass is 10.1. The van der Waals surface area contributed by atoms with Crippen LogP contribution in [0.4, 0.5) is 13.2 Å². The second-order valence-electron chi connectivity index (χ2n) is 5.57. The second-order valence-corrected chi connectivity index (χ2v) is 7.94. The highest BCUT2D eigenvalue weighted by molar-refractivity contribution is 8.01. The van der Waals surface area contributed by atoms with Crippen molar-refractivity contribution in [1.29, 1.82) is 0 Å². The van der Waals surface area contributed by atoms with Gasteiger partial charge >= 0.3 is 5.97 Å². The third-order valence-corrected chi connectivity index (χ3v) is 5.90. The monoisotopic (exact) mass is 415 g/mol. The number of alkyl halides is 2. The summed E-state index contributed by atoms with van der Waals surface area (Å²) < 4.78 is 40.8. The normalized spacial score (nSPS) is 11.4. The minimum Gasteiger partial charge on any atom is -0.505 e. The van der Waals surface area contributed by atoms with Crippen molar-refractivity contribution in [3.63, 3.8) is 0 Å². The summed E-state index contributed by atoms with van der Waals surface area (Å²) in [6.07, 6.45) is -0.542. The number of fused-ring (bicyclic) bond motifs is 1. The fourth-order valence-corrected chi connectivity index (χ4v) is 4.52. The number of thiophene rings is 1. The number of rotatable bonds is 5. The van der Waals surface area contributed by atoms with Gasteiger partial charge in [0.25, 0.3) is 11.7 Å². The zero-order valence-electron chi connectivity index (χ0n) is 13.7. The third-order valence-electron chi connectivity index (χ3n) is 3.94. The molecule has 0 aliphatic heterocycles. The highest BCUT2D eigenvalue weighted by Gasteiger charge is 2.25. The minimum absolute atomic E-state index is 0.0676. The molecule has 0 spiro atoms. The van der Waals surface area contributed by atoms with E-state index in [1.807, 2.05) is 0 Å². The fourth-order valence-electron chi connectivity index (χ4n) is 2.85. The van der Waals surface area contributed by atoms with Gasteiger partial charge in [0.1, 0.15) is 0 Å². The molecule has 142 valence electrons. The van der Waals surface area contributed by atoms with E-state index in [1.165, 1.54) is 25.1 Å². The molecule has 0 fully saturated rings. The number of benzene rings is 1. The molecule has 0 aliphatic rings. The summed E-state index contributed by atoms with van der Waals surface area (Å²) in [7, 11) is 0. The Balaban J connectivity index is 2.18. The number of nitrogens with zero attached hydrogens (tertiary/aromatic N) is 1. The summed E-state index contributed by atoms with van der Waals surface area (Å²) in [5.74, 6) is -6.12. The van der Waals surface area contributed by atoms with E-state index in [-0.39, 0.29) is 31.2 Å². The van der Waals surface area contributed by atoms with Gasteiger partial charge in [0, 0.05) is 11.1 Å². The van der Waals surface area contributed by atoms with E-state index in [9.17, 15) is 27.9 Å². The number of halogens is 3. The molecule has 0 unspecified atom stereocenters. The molecule has 0 aliphatic carbocycles. The van der Waals surface area contributed by atoms with Crippen LogP contribution >= 0.6 is 23.1 Å². The molecular formula is C17H12F3NO4S2. The van der Waals surface area contributed by atoms with Crippen molar-refractivity contribution < 1.29 is 33.0 Å². The van der Waals surface area contributed by atoms with Crippen molar-refractivity contribution in [1.82, 2.24) is 4.57 Å². The Hall–Kier alpha value is -2.46. The molecular weight excluding hydrogens is 403 g/mol. The average Bonchev–Trinajstić information content (AvgIpc) is 3.13. The molecule has 0 saturated heterocycles. The third kappa shape index (κ3) is 3.54. The van der Waals surface area contributed by atoms with E-state index in [0.717, 1.165) is 22.0 Å². The zero-order chi connectivity index (χ0) is 19.9. The highest BCUT2D eigenvalue weighted by atomic mass is 32.2. The minimum atomic E-state index is -2.63. The molecule has 0 radical (unpaired) electrons. The number of carbonyl (C=O) groups is 2. The van der Waals surface area contributed by atoms with Crippen LogP contribution in [-0.4, -0.2) is 32.4 Å². The second kappa shape index (κ2) is 7.28. The lowest BCUT2D eigenvalue weighted by molar-refractivity contribution is -0.136. The maximum Gasteiger partial charge on any atom is 0.307 e. The molecule has 0 atom stereocenters. The number of hydrogen-bond donors (Lipinski definition) is 2. The summed E-state index contributed by atoms with van der Waals surface area (Å²) in [5.41, 5.74) is 0.372. The van der Waals surface area contributed by atoms with Gasteiger partial charge in [-0.3, -0.25) is 14.2 Å². The molecule has 3 aromatic rings. The van der Waals surface area contributed by atoms with E-state index in [4.69, 9.17) is 5.11 Å². The lowest BCUT2D eigenvalue weighted by Gasteiger charge is -2.06. The van der Waals surface area contributed by atoms with Crippen molar-refractivity contribution >= 4 is 45.9 Å². The Morgan fingerprint density at radius 2 is 1.96 bits per heavy atom. The lowest BCUT2D eigenvalue weighted by Crippen LogP contribution is -2.12. The number of thioether (sulfide) groups is 1. The summed E-state index contributed by atoms with van der Waals surface area (Å²) in [6, 6.07) is 5.15. The fraction of sp³-hybridized carbons (Fsp3) is 0.176. The molecule has 1 aromatic carbocycles. The first-order chi connectivity index (χ1) is 12.7. The van der Waals surface area contributed by atoms with Crippen LogP contribution in [0.3, 0.4) is 0 Å². The number of carboxylic acid groups (broad SMARTS) is 1. The van der Waals surface area contributed by atoms with Crippen LogP contribution < -0.4 is 0 Å². The van der Waals surface area contributed by atoms with E-state index < -0.39 is 35.6 Å². The van der Waals surface area contributed by atoms with Crippen LogP contribution in [0.15, 0.2) is 28.5 Å². The Bertz CT molecular complexity index is 1060. The van der Waals surface area contributed by atoms with Gasteiger partial charge in [-0.05, 0) is 48.5 Å². The van der Waals surface area contributed by atoms with Crippen molar-refractivity contribution in [2.75, 3.05) is 0 Å². The predicted molar refractivity (Wildman–Crippen MR) is 95.5 cm³/mol. The van der Waals surface area contributed by atoms with Gasteiger partial charge in [0.05, 0.1) is 21.0 Å². The van der Waals surface area contributed by atoms with Crippen LogP contribution in [0.25, 0.3) is 10.9 Å². The first-order valence-corrected chi connectivity index (χ1v) is 9.22. The number of hydrogen-bond acceptors (Lipinski definition) is 5. The number of aromatic nitrogens is 1. The molecule has 5 nitrogen and oxygen atoms in total. The number of aliphatic carboxylic acids is 1. The Morgan fingerprint density at radius 3 is 2.59 bits per heavy atom. The van der Waals surface area contributed by atoms with Gasteiger partial charge in [-0.15, -0.1) is 11.3 Å². The largest absolute Gasteiger partial charge is 0.505 e. The molecule has 2 N–H and O–H groups in total. The maximum atomic E-state index is 14.5. The number of carbonyl (C=O) groups excluding carboxylic acids is 1. The average molecular weight is 415 g/mol. The van der Waals surface area contributed by atoms with Crippen LogP contribution in [0, 0.1) is 12.7 Å². The highest BCUT2D eigenvalue weighted by Crippen LogP contribution is 2.36. The molecule has 0 saturated carbocycles. The summed E-state index contributed by atoms with van der Waals surface area (Å²) in [5, 5.41) is 18.6. The van der Waals surface area contributed by atoms with Crippen molar-refractivity contribution in [3.05, 3.63) is 46.2 Å². The topological polar surface area (TPSA) is 79.5 Å². The Labute approximate surface area is 159 Å². The number of carboxylic acids is 1. The van der Waals surface area contributed by atoms with Gasteiger partial charge in [0.15, 0.2) is 11.6 Å². The first kappa shape index (κ1) is 19.3. The summed E-state index contributed by atoms with van der Waals surface area (Å²) >= 11 is 1.18. The van der Waals surface area contributed by atoms with Crippen molar-refractivity contribution in [2.24, 2.45) is 0 Å². The van der Waals surface area contributed by atoms with Gasteiger partial charge in [-0.2, -0.15) is 8.78 Å². The smallest absolute Gasteiger partial charge is 0.307 e. The summed E-state index contributed by atoms with van der Waals surface area (Å²) in [6.45, 7) is 1.47. The van der Waals surface area contributed by atoms with Crippen LogP contribution in [0.5, 0.6) is 5.75 Å². The van der Waals surface area contributed by atoms with Crippen LogP contribution in [-0.2, 0) is 11.2 Å². The van der Waals surface area contributed by atoms with E-state index in [0.29, 0.717) is 11.8 Å². The molecule has 27 heavy (non-hydrogen) atoms. The Kier molecular flexibility index (Phi) is 5.20. The first-order valence-electron chi connectivity index (χ1n) is 7.53. The Morgan fingerprint density at radius 1 is 1.26 bits per heavy atom.